The number of nitrogens with one attached hydrogen (secondary N) is 1. The standard InChI is InChI=1S/C18H15F3N4O2/c1-2-15-16(23-24-25(15)13-6-4-3-5-7-13)17(26)22-12-8-10-14(11-9-12)27-18(19,20)21/h3-11H,2H2,1H3,(H,22,26). The summed E-state index contributed by atoms with van der Waals surface area (Å²) in [6.07, 6.45) is -4.25. The number of halogens is 3. The number of amides is 1. The summed E-state index contributed by atoms with van der Waals surface area (Å²) in [5.74, 6) is -0.872. The van der Waals surface area contributed by atoms with E-state index >= 15 is 0 Å². The highest BCUT2D eigenvalue weighted by Crippen LogP contribution is 2.24. The van der Waals surface area contributed by atoms with E-state index in [0.29, 0.717) is 17.8 Å². The third-order valence-electron chi connectivity index (χ3n) is 3.66. The van der Waals surface area contributed by atoms with Gasteiger partial charge in [0.15, 0.2) is 5.69 Å². The largest absolute Gasteiger partial charge is 0.573 e. The van der Waals surface area contributed by atoms with Gasteiger partial charge in [0.05, 0.1) is 11.4 Å². The molecule has 0 spiro atoms. The topological polar surface area (TPSA) is 69.0 Å². The molecule has 2 aromatic carbocycles. The van der Waals surface area contributed by atoms with E-state index in [2.05, 4.69) is 20.4 Å². The quantitative estimate of drug-likeness (QED) is 0.731. The van der Waals surface area contributed by atoms with Crippen molar-refractivity contribution in [2.45, 2.75) is 19.7 Å². The predicted molar refractivity (Wildman–Crippen MR) is 91.8 cm³/mol. The molecule has 0 saturated heterocycles. The van der Waals surface area contributed by atoms with Gasteiger partial charge < -0.3 is 10.1 Å². The highest BCUT2D eigenvalue weighted by molar-refractivity contribution is 6.03. The van der Waals surface area contributed by atoms with Crippen molar-refractivity contribution in [3.8, 4) is 11.4 Å². The number of hydrogen-bond acceptors (Lipinski definition) is 4. The molecule has 0 bridgehead atoms. The van der Waals surface area contributed by atoms with Crippen LogP contribution in [-0.4, -0.2) is 27.3 Å². The summed E-state index contributed by atoms with van der Waals surface area (Å²) in [6, 6.07) is 14.1. The molecule has 0 radical (unpaired) electrons. The van der Waals surface area contributed by atoms with Crippen molar-refractivity contribution in [3.05, 3.63) is 66.0 Å². The van der Waals surface area contributed by atoms with E-state index in [1.165, 1.54) is 12.1 Å². The van der Waals surface area contributed by atoms with Crippen LogP contribution in [0.15, 0.2) is 54.6 Å². The minimum absolute atomic E-state index is 0.150. The molecular weight excluding hydrogens is 361 g/mol. The Morgan fingerprint density at radius 3 is 2.37 bits per heavy atom. The fourth-order valence-corrected chi connectivity index (χ4v) is 2.50. The number of ether oxygens (including phenoxy) is 1. The van der Waals surface area contributed by atoms with E-state index in [1.807, 2.05) is 37.3 Å². The van der Waals surface area contributed by atoms with Crippen molar-refractivity contribution >= 4 is 11.6 Å². The molecule has 1 N–H and O–H groups in total. The number of para-hydroxylation sites is 1. The highest BCUT2D eigenvalue weighted by atomic mass is 19.4. The minimum atomic E-state index is -4.77. The van der Waals surface area contributed by atoms with Crippen LogP contribution in [-0.2, 0) is 6.42 Å². The predicted octanol–water partition coefficient (Wildman–Crippen LogP) is 3.98. The first-order valence-electron chi connectivity index (χ1n) is 8.04. The summed E-state index contributed by atoms with van der Waals surface area (Å²) in [5, 5.41) is 10.6. The number of carbonyl (C=O) groups is 1. The molecule has 3 rings (SSSR count). The molecule has 0 aliphatic carbocycles. The average Bonchev–Trinajstić information content (AvgIpc) is 3.07. The number of anilines is 1. The van der Waals surface area contributed by atoms with Gasteiger partial charge in [-0.15, -0.1) is 18.3 Å². The molecular formula is C18H15F3N4O2. The molecule has 9 heteroatoms. The molecule has 6 nitrogen and oxygen atoms in total. The van der Waals surface area contributed by atoms with Crippen molar-refractivity contribution in [1.82, 2.24) is 15.0 Å². The van der Waals surface area contributed by atoms with Gasteiger partial charge >= 0.3 is 6.36 Å². The molecule has 1 heterocycles. The van der Waals surface area contributed by atoms with Crippen molar-refractivity contribution < 1.29 is 22.7 Å². The lowest BCUT2D eigenvalue weighted by molar-refractivity contribution is -0.274. The van der Waals surface area contributed by atoms with Crippen LogP contribution in [0.2, 0.25) is 0 Å². The highest BCUT2D eigenvalue weighted by Gasteiger charge is 2.31. The zero-order valence-electron chi connectivity index (χ0n) is 14.2. The number of carbonyl (C=O) groups excluding carboxylic acids is 1. The Labute approximate surface area is 152 Å². The van der Waals surface area contributed by atoms with Gasteiger partial charge in [-0.25, -0.2) is 4.68 Å². The number of nitrogens with zero attached hydrogens (tertiary/aromatic N) is 3. The molecule has 1 amide bonds. The van der Waals surface area contributed by atoms with Gasteiger partial charge in [-0.1, -0.05) is 30.3 Å². The normalized spacial score (nSPS) is 11.3. The fourth-order valence-electron chi connectivity index (χ4n) is 2.50. The summed E-state index contributed by atoms with van der Waals surface area (Å²) in [6.45, 7) is 1.87. The molecule has 0 unspecified atom stereocenters. The number of aromatic nitrogens is 3. The first-order chi connectivity index (χ1) is 12.9. The number of benzene rings is 2. The third-order valence-corrected chi connectivity index (χ3v) is 3.66. The SMILES string of the molecule is CCc1c(C(=O)Nc2ccc(OC(F)(F)F)cc2)nnn1-c1ccccc1. The summed E-state index contributed by atoms with van der Waals surface area (Å²) in [4.78, 5) is 12.5. The summed E-state index contributed by atoms with van der Waals surface area (Å²) < 4.78 is 41.9. The van der Waals surface area contributed by atoms with Crippen LogP contribution in [0.1, 0.15) is 23.1 Å². The lowest BCUT2D eigenvalue weighted by Gasteiger charge is -2.10. The monoisotopic (exact) mass is 376 g/mol. The first kappa shape index (κ1) is 18.4. The van der Waals surface area contributed by atoms with E-state index in [9.17, 15) is 18.0 Å². The molecule has 0 saturated carbocycles. The number of alkyl halides is 3. The van der Waals surface area contributed by atoms with E-state index in [4.69, 9.17) is 0 Å². The van der Waals surface area contributed by atoms with Crippen molar-refractivity contribution in [2.75, 3.05) is 5.32 Å². The summed E-state index contributed by atoms with van der Waals surface area (Å²) >= 11 is 0. The van der Waals surface area contributed by atoms with Gasteiger partial charge in [0.1, 0.15) is 5.75 Å². The van der Waals surface area contributed by atoms with Crippen LogP contribution >= 0.6 is 0 Å². The zero-order chi connectivity index (χ0) is 19.4. The lowest BCUT2D eigenvalue weighted by atomic mass is 10.2. The van der Waals surface area contributed by atoms with Crippen LogP contribution < -0.4 is 10.1 Å². The second-order valence-corrected chi connectivity index (χ2v) is 5.51. The second kappa shape index (κ2) is 7.48. The van der Waals surface area contributed by atoms with Crippen LogP contribution in [0.5, 0.6) is 5.75 Å². The van der Waals surface area contributed by atoms with Crippen molar-refractivity contribution in [1.29, 1.82) is 0 Å². The molecule has 1 aromatic heterocycles. The Hall–Kier alpha value is -3.36. The fraction of sp³-hybridized carbons (Fsp3) is 0.167. The maximum absolute atomic E-state index is 12.5. The van der Waals surface area contributed by atoms with E-state index < -0.39 is 12.3 Å². The van der Waals surface area contributed by atoms with Crippen LogP contribution in [0, 0.1) is 0 Å². The van der Waals surface area contributed by atoms with Gasteiger partial charge in [-0.05, 0) is 42.8 Å². The first-order valence-corrected chi connectivity index (χ1v) is 8.04. The number of hydrogen-bond donors (Lipinski definition) is 1. The molecule has 0 fully saturated rings. The molecule has 3 aromatic rings. The maximum Gasteiger partial charge on any atom is 0.573 e. The lowest BCUT2D eigenvalue weighted by Crippen LogP contribution is -2.17. The Balaban J connectivity index is 1.78. The average molecular weight is 376 g/mol. The second-order valence-electron chi connectivity index (χ2n) is 5.51. The zero-order valence-corrected chi connectivity index (χ0v) is 14.2. The summed E-state index contributed by atoms with van der Waals surface area (Å²) in [7, 11) is 0. The van der Waals surface area contributed by atoms with Crippen molar-refractivity contribution in [2.24, 2.45) is 0 Å². The minimum Gasteiger partial charge on any atom is -0.406 e. The van der Waals surface area contributed by atoms with Gasteiger partial charge in [0.25, 0.3) is 5.91 Å². The Bertz CT molecular complexity index is 922. The van der Waals surface area contributed by atoms with Gasteiger partial charge in [-0.2, -0.15) is 0 Å². The molecule has 0 aliphatic heterocycles. The van der Waals surface area contributed by atoms with E-state index in [1.54, 1.807) is 4.68 Å². The third kappa shape index (κ3) is 4.43. The van der Waals surface area contributed by atoms with Crippen LogP contribution in [0.25, 0.3) is 5.69 Å². The Morgan fingerprint density at radius 2 is 1.78 bits per heavy atom. The molecule has 140 valence electrons. The Kier molecular flexibility index (Phi) is 5.11. The van der Waals surface area contributed by atoms with Crippen LogP contribution in [0.4, 0.5) is 18.9 Å². The molecule has 27 heavy (non-hydrogen) atoms. The van der Waals surface area contributed by atoms with Gasteiger partial charge in [-0.3, -0.25) is 4.79 Å². The van der Waals surface area contributed by atoms with Crippen molar-refractivity contribution in [3.63, 3.8) is 0 Å². The molecule has 0 atom stereocenters. The smallest absolute Gasteiger partial charge is 0.406 e. The number of rotatable bonds is 5. The summed E-state index contributed by atoms with van der Waals surface area (Å²) in [5.41, 5.74) is 1.85. The van der Waals surface area contributed by atoms with Gasteiger partial charge in [0.2, 0.25) is 0 Å². The maximum atomic E-state index is 12.5. The Morgan fingerprint density at radius 1 is 1.11 bits per heavy atom. The molecule has 0 aliphatic rings. The van der Waals surface area contributed by atoms with Crippen LogP contribution in [0.3, 0.4) is 0 Å². The van der Waals surface area contributed by atoms with Gasteiger partial charge in [0, 0.05) is 5.69 Å². The van der Waals surface area contributed by atoms with E-state index in [-0.39, 0.29) is 11.4 Å². The van der Waals surface area contributed by atoms with E-state index in [0.717, 1.165) is 17.8 Å².